The summed E-state index contributed by atoms with van der Waals surface area (Å²) >= 11 is 0. The first-order chi connectivity index (χ1) is 12.2. The Hall–Kier alpha value is -2.69. The van der Waals surface area contributed by atoms with Gasteiger partial charge in [-0.25, -0.2) is 0 Å². The molecule has 1 amide bonds. The van der Waals surface area contributed by atoms with E-state index >= 15 is 0 Å². The Morgan fingerprint density at radius 1 is 1.16 bits per heavy atom. The fourth-order valence-electron chi connectivity index (χ4n) is 2.83. The zero-order valence-electron chi connectivity index (χ0n) is 14.0. The van der Waals surface area contributed by atoms with Crippen molar-refractivity contribution in [3.05, 3.63) is 47.9 Å². The van der Waals surface area contributed by atoms with E-state index in [0.717, 1.165) is 50.6 Å². The lowest BCUT2D eigenvalue weighted by atomic mass is 10.2. The van der Waals surface area contributed by atoms with Crippen LogP contribution in [0.4, 0.5) is 5.69 Å². The molecule has 3 rings (SSSR count). The van der Waals surface area contributed by atoms with Gasteiger partial charge in [-0.05, 0) is 24.3 Å². The number of nitrogens with one attached hydrogen (secondary N) is 1. The molecule has 0 atom stereocenters. The van der Waals surface area contributed by atoms with Crippen LogP contribution in [0.3, 0.4) is 0 Å². The Kier molecular flexibility index (Phi) is 5.77. The van der Waals surface area contributed by atoms with Gasteiger partial charge in [0.2, 0.25) is 5.91 Å². The first-order valence-corrected chi connectivity index (χ1v) is 8.37. The molecule has 1 fully saturated rings. The number of nitriles is 1. The molecule has 1 aliphatic rings. The molecule has 1 saturated heterocycles. The van der Waals surface area contributed by atoms with Crippen molar-refractivity contribution < 1.29 is 9.32 Å². The van der Waals surface area contributed by atoms with Crippen molar-refractivity contribution in [2.75, 3.05) is 38.0 Å². The monoisotopic (exact) mass is 339 g/mol. The van der Waals surface area contributed by atoms with Gasteiger partial charge in [0.25, 0.3) is 0 Å². The number of amides is 1. The molecule has 1 aliphatic heterocycles. The summed E-state index contributed by atoms with van der Waals surface area (Å²) in [6, 6.07) is 10.8. The highest BCUT2D eigenvalue weighted by Crippen LogP contribution is 2.10. The van der Waals surface area contributed by atoms with Crippen molar-refractivity contribution in [2.45, 2.75) is 13.0 Å². The van der Waals surface area contributed by atoms with Gasteiger partial charge in [-0.3, -0.25) is 9.69 Å². The first kappa shape index (κ1) is 17.1. The smallest absolute Gasteiger partial charge is 0.225 e. The molecule has 0 radical (unpaired) electrons. The molecular weight excluding hydrogens is 318 g/mol. The molecule has 0 spiro atoms. The highest BCUT2D eigenvalue weighted by atomic mass is 16.5. The lowest BCUT2D eigenvalue weighted by Crippen LogP contribution is -2.46. The van der Waals surface area contributed by atoms with Crippen molar-refractivity contribution in [1.29, 1.82) is 5.26 Å². The molecule has 2 heterocycles. The Balaban J connectivity index is 1.36. The number of nitrogens with zero attached hydrogens (tertiary/aromatic N) is 4. The fraction of sp³-hybridized carbons (Fsp3) is 0.389. The van der Waals surface area contributed by atoms with Crippen LogP contribution in [0, 0.1) is 11.3 Å². The molecule has 0 saturated carbocycles. The lowest BCUT2D eigenvalue weighted by Gasteiger charge is -2.34. The van der Waals surface area contributed by atoms with E-state index in [-0.39, 0.29) is 5.91 Å². The molecular formula is C18H21N5O2. The summed E-state index contributed by atoms with van der Waals surface area (Å²) in [5.74, 6) is -0.00488. The number of hydrogen-bond acceptors (Lipinski definition) is 6. The fourth-order valence-corrected chi connectivity index (χ4v) is 2.83. The van der Waals surface area contributed by atoms with Gasteiger partial charge in [0.15, 0.2) is 0 Å². The number of carbonyl (C=O) groups is 1. The van der Waals surface area contributed by atoms with Crippen LogP contribution in [0.15, 0.2) is 41.1 Å². The zero-order chi connectivity index (χ0) is 17.5. The zero-order valence-corrected chi connectivity index (χ0v) is 14.0. The van der Waals surface area contributed by atoms with E-state index < -0.39 is 0 Å². The van der Waals surface area contributed by atoms with E-state index in [1.54, 1.807) is 30.5 Å². The second-order valence-corrected chi connectivity index (χ2v) is 6.10. The van der Waals surface area contributed by atoms with Gasteiger partial charge in [-0.15, -0.1) is 0 Å². The summed E-state index contributed by atoms with van der Waals surface area (Å²) in [6.45, 7) is 5.38. The van der Waals surface area contributed by atoms with Crippen LogP contribution in [0.25, 0.3) is 0 Å². The number of piperazine rings is 1. The molecule has 0 aliphatic carbocycles. The Morgan fingerprint density at radius 2 is 1.88 bits per heavy atom. The van der Waals surface area contributed by atoms with E-state index in [1.165, 1.54) is 0 Å². The molecule has 0 bridgehead atoms. The summed E-state index contributed by atoms with van der Waals surface area (Å²) in [5.41, 5.74) is 2.26. The predicted octanol–water partition coefficient (Wildman–Crippen LogP) is 1.69. The highest BCUT2D eigenvalue weighted by Gasteiger charge is 2.18. The van der Waals surface area contributed by atoms with Crippen LogP contribution in [0.5, 0.6) is 0 Å². The number of anilines is 1. The minimum atomic E-state index is -0.00488. The summed E-state index contributed by atoms with van der Waals surface area (Å²) < 4.78 is 4.86. The summed E-state index contributed by atoms with van der Waals surface area (Å²) in [4.78, 5) is 16.7. The quantitative estimate of drug-likeness (QED) is 0.862. The second kappa shape index (κ2) is 8.42. The van der Waals surface area contributed by atoms with E-state index in [2.05, 4.69) is 26.3 Å². The second-order valence-electron chi connectivity index (χ2n) is 6.10. The maximum atomic E-state index is 12.1. The molecule has 7 heteroatoms. The summed E-state index contributed by atoms with van der Waals surface area (Å²) in [6.07, 6.45) is 2.06. The van der Waals surface area contributed by atoms with E-state index in [9.17, 15) is 4.79 Å². The van der Waals surface area contributed by atoms with Gasteiger partial charge in [-0.2, -0.15) is 5.26 Å². The molecule has 7 nitrogen and oxygen atoms in total. The van der Waals surface area contributed by atoms with Crippen molar-refractivity contribution in [2.24, 2.45) is 0 Å². The molecule has 130 valence electrons. The predicted molar refractivity (Wildman–Crippen MR) is 92.6 cm³/mol. The van der Waals surface area contributed by atoms with E-state index in [1.807, 2.05) is 6.07 Å². The minimum absolute atomic E-state index is 0.00488. The first-order valence-electron chi connectivity index (χ1n) is 8.37. The normalized spacial score (nSPS) is 15.6. The number of aromatic nitrogens is 1. The highest BCUT2D eigenvalue weighted by molar-refractivity contribution is 5.90. The summed E-state index contributed by atoms with van der Waals surface area (Å²) in [5, 5.41) is 15.6. The molecule has 1 aromatic carbocycles. The molecule has 1 N–H and O–H groups in total. The van der Waals surface area contributed by atoms with E-state index in [0.29, 0.717) is 12.0 Å². The number of hydrogen-bond donors (Lipinski definition) is 1. The number of rotatable bonds is 6. The third-order valence-electron chi connectivity index (χ3n) is 4.29. The maximum absolute atomic E-state index is 12.1. The van der Waals surface area contributed by atoms with Gasteiger partial charge < -0.3 is 14.7 Å². The Morgan fingerprint density at radius 3 is 2.52 bits per heavy atom. The number of carbonyl (C=O) groups excluding carboxylic acids is 1. The lowest BCUT2D eigenvalue weighted by molar-refractivity contribution is -0.116. The third-order valence-corrected chi connectivity index (χ3v) is 4.29. The van der Waals surface area contributed by atoms with Crippen molar-refractivity contribution in [3.63, 3.8) is 0 Å². The molecule has 2 aromatic rings. The van der Waals surface area contributed by atoms with Gasteiger partial charge in [0.05, 0.1) is 17.3 Å². The van der Waals surface area contributed by atoms with Crippen LogP contribution < -0.4 is 5.32 Å². The van der Waals surface area contributed by atoms with Crippen LogP contribution in [-0.4, -0.2) is 53.6 Å². The van der Waals surface area contributed by atoms with Crippen LogP contribution >= 0.6 is 0 Å². The van der Waals surface area contributed by atoms with Crippen LogP contribution in [0.1, 0.15) is 17.7 Å². The van der Waals surface area contributed by atoms with E-state index in [4.69, 9.17) is 9.78 Å². The Labute approximate surface area is 146 Å². The molecule has 25 heavy (non-hydrogen) atoms. The SMILES string of the molecule is N#Cc1ccc(NC(=O)CCN2CCN(Cc3ccon3)CC2)cc1. The van der Waals surface area contributed by atoms with Crippen molar-refractivity contribution in [1.82, 2.24) is 15.0 Å². The largest absolute Gasteiger partial charge is 0.364 e. The van der Waals surface area contributed by atoms with Crippen LogP contribution in [0.2, 0.25) is 0 Å². The summed E-state index contributed by atoms with van der Waals surface area (Å²) in [7, 11) is 0. The van der Waals surface area contributed by atoms with Gasteiger partial charge in [-0.1, -0.05) is 5.16 Å². The standard InChI is InChI=1S/C18H21N5O2/c19-13-15-1-3-16(4-2-15)20-18(24)5-7-22-8-10-23(11-9-22)14-17-6-12-25-21-17/h1-4,6,12H,5,7-11,14H2,(H,20,24). The minimum Gasteiger partial charge on any atom is -0.364 e. The van der Waals surface area contributed by atoms with Gasteiger partial charge >= 0.3 is 0 Å². The topological polar surface area (TPSA) is 85.4 Å². The average molecular weight is 339 g/mol. The average Bonchev–Trinajstić information content (AvgIpc) is 3.15. The van der Waals surface area contributed by atoms with Gasteiger partial charge in [0, 0.05) is 57.4 Å². The van der Waals surface area contributed by atoms with Crippen LogP contribution in [-0.2, 0) is 11.3 Å². The Bertz CT molecular complexity index is 713. The number of benzene rings is 1. The molecule has 0 unspecified atom stereocenters. The van der Waals surface area contributed by atoms with Crippen molar-refractivity contribution >= 4 is 11.6 Å². The van der Waals surface area contributed by atoms with Gasteiger partial charge in [0.1, 0.15) is 6.26 Å². The van der Waals surface area contributed by atoms with Crippen molar-refractivity contribution in [3.8, 4) is 6.07 Å². The third kappa shape index (κ3) is 5.14. The molecule has 1 aromatic heterocycles. The maximum Gasteiger partial charge on any atom is 0.225 e.